The van der Waals surface area contributed by atoms with Gasteiger partial charge in [-0.3, -0.25) is 9.79 Å². The molecule has 1 aromatic heterocycles. The molecule has 168 valence electrons. The molecule has 0 saturated carbocycles. The van der Waals surface area contributed by atoms with E-state index >= 15 is 0 Å². The van der Waals surface area contributed by atoms with Gasteiger partial charge in [-0.25, -0.2) is 14.5 Å². The first kappa shape index (κ1) is 21.3. The van der Waals surface area contributed by atoms with Crippen LogP contribution < -0.4 is 5.32 Å². The molecule has 1 atom stereocenters. The van der Waals surface area contributed by atoms with Crippen molar-refractivity contribution in [3.8, 4) is 0 Å². The lowest BCUT2D eigenvalue weighted by Crippen LogP contribution is -2.21. The monoisotopic (exact) mass is 451 g/mol. The highest BCUT2D eigenvalue weighted by atomic mass is 16.5. The number of ether oxygens (including phenoxy) is 1. The van der Waals surface area contributed by atoms with Crippen molar-refractivity contribution in [2.45, 2.75) is 12.5 Å². The minimum atomic E-state index is -0.612. The summed E-state index contributed by atoms with van der Waals surface area (Å²) in [5, 5.41) is 7.02. The van der Waals surface area contributed by atoms with E-state index in [-0.39, 0.29) is 5.91 Å². The summed E-state index contributed by atoms with van der Waals surface area (Å²) in [6, 6.07) is 22.5. The predicted octanol–water partition coefficient (Wildman–Crippen LogP) is 3.97. The lowest BCUT2D eigenvalue weighted by molar-refractivity contribution is -0.115. The molecule has 1 aliphatic rings. The number of nitrogens with zero attached hydrogens (tertiary/aromatic N) is 4. The zero-order valence-electron chi connectivity index (χ0n) is 18.4. The lowest BCUT2D eigenvalue weighted by Gasteiger charge is -2.14. The number of aliphatic imine (C=N–C) groups is 1. The number of hydrogen-bond donors (Lipinski definition) is 1. The van der Waals surface area contributed by atoms with Crippen LogP contribution in [0.2, 0.25) is 0 Å². The fraction of sp³-hybridized carbons (Fsp3) is 0.115. The first-order chi connectivity index (χ1) is 16.6. The Balaban J connectivity index is 1.52. The number of amides is 1. The average Bonchev–Trinajstić information content (AvgIpc) is 3.50. The van der Waals surface area contributed by atoms with Gasteiger partial charge in [-0.05, 0) is 41.0 Å². The van der Waals surface area contributed by atoms with Crippen molar-refractivity contribution in [2.24, 2.45) is 4.99 Å². The first-order valence-corrected chi connectivity index (χ1v) is 10.7. The number of fused-ring (bicyclic) bond motifs is 1. The van der Waals surface area contributed by atoms with Crippen LogP contribution in [0, 0.1) is 0 Å². The highest BCUT2D eigenvalue weighted by Gasteiger charge is 2.35. The fourth-order valence-corrected chi connectivity index (χ4v) is 4.00. The number of carbonyl (C=O) groups excluding carboxylic acids is 2. The molecular weight excluding hydrogens is 430 g/mol. The van der Waals surface area contributed by atoms with Gasteiger partial charge >= 0.3 is 5.97 Å². The van der Waals surface area contributed by atoms with E-state index in [9.17, 15) is 9.59 Å². The Bertz CT molecular complexity index is 1360. The second-order valence-electron chi connectivity index (χ2n) is 7.84. The Kier molecular flexibility index (Phi) is 5.70. The number of carbonyl (C=O) groups is 2. The van der Waals surface area contributed by atoms with Crippen molar-refractivity contribution >= 4 is 29.0 Å². The van der Waals surface area contributed by atoms with Crippen molar-refractivity contribution in [3.05, 3.63) is 108 Å². The van der Waals surface area contributed by atoms with Crippen molar-refractivity contribution in [2.75, 3.05) is 12.4 Å². The third kappa shape index (κ3) is 4.21. The summed E-state index contributed by atoms with van der Waals surface area (Å²) in [4.78, 5) is 33.9. The molecule has 3 aromatic carbocycles. The molecule has 34 heavy (non-hydrogen) atoms. The summed E-state index contributed by atoms with van der Waals surface area (Å²) >= 11 is 0. The van der Waals surface area contributed by atoms with Crippen molar-refractivity contribution in [1.82, 2.24) is 14.8 Å². The van der Waals surface area contributed by atoms with Gasteiger partial charge in [0.25, 0.3) is 0 Å². The lowest BCUT2D eigenvalue weighted by atomic mass is 9.90. The molecular formula is C26H21N5O3. The summed E-state index contributed by atoms with van der Waals surface area (Å²) in [5.41, 5.74) is 5.00. The van der Waals surface area contributed by atoms with Gasteiger partial charge in [-0.1, -0.05) is 48.5 Å². The van der Waals surface area contributed by atoms with E-state index in [1.54, 1.807) is 29.2 Å². The van der Waals surface area contributed by atoms with Gasteiger partial charge in [0.1, 0.15) is 18.6 Å². The van der Waals surface area contributed by atoms with Crippen LogP contribution in [-0.4, -0.2) is 39.5 Å². The molecule has 0 bridgehead atoms. The molecule has 0 spiro atoms. The van der Waals surface area contributed by atoms with Gasteiger partial charge in [-0.2, -0.15) is 5.10 Å². The number of benzene rings is 3. The normalized spacial score (nSPS) is 15.0. The molecule has 5 rings (SSSR count). The highest BCUT2D eigenvalue weighted by Crippen LogP contribution is 2.37. The maximum atomic E-state index is 13.1. The topological polar surface area (TPSA) is 98.5 Å². The molecule has 0 radical (unpaired) electrons. The van der Waals surface area contributed by atoms with Crippen molar-refractivity contribution in [1.29, 1.82) is 0 Å². The molecule has 1 aliphatic heterocycles. The molecule has 0 fully saturated rings. The standard InChI is InChI=1S/C26H21N5O3/c1-34-26(33)19-9-12-21-22(13-19)30-25(32)23(21)24(18-5-3-2-4-6-18)29-20-10-7-17(8-11-20)14-31-16-27-15-28-31/h2-13,15-16,23H,14H2,1H3,(H,30,32). The number of anilines is 1. The van der Waals surface area contributed by atoms with Crippen LogP contribution in [0.4, 0.5) is 11.4 Å². The second kappa shape index (κ2) is 9.11. The van der Waals surface area contributed by atoms with Crippen LogP contribution in [0.3, 0.4) is 0 Å². The second-order valence-corrected chi connectivity index (χ2v) is 7.84. The molecule has 0 saturated heterocycles. The van der Waals surface area contributed by atoms with Crippen molar-refractivity contribution < 1.29 is 14.3 Å². The largest absolute Gasteiger partial charge is 0.465 e. The SMILES string of the molecule is COC(=O)c1ccc2c(c1)NC(=O)C2C(=Nc1ccc(Cn2cncn2)cc1)c1ccccc1. The highest BCUT2D eigenvalue weighted by molar-refractivity contribution is 6.24. The van der Waals surface area contributed by atoms with E-state index in [4.69, 9.17) is 9.73 Å². The van der Waals surface area contributed by atoms with Gasteiger partial charge in [0.2, 0.25) is 5.91 Å². The summed E-state index contributed by atoms with van der Waals surface area (Å²) in [5.74, 6) is -1.26. The number of rotatable bonds is 6. The first-order valence-electron chi connectivity index (χ1n) is 10.7. The minimum absolute atomic E-state index is 0.192. The van der Waals surface area contributed by atoms with E-state index in [1.807, 2.05) is 54.6 Å². The maximum absolute atomic E-state index is 13.1. The molecule has 1 amide bonds. The van der Waals surface area contributed by atoms with Gasteiger partial charge < -0.3 is 10.1 Å². The fourth-order valence-electron chi connectivity index (χ4n) is 4.00. The van der Waals surface area contributed by atoms with E-state index in [0.717, 1.165) is 22.4 Å². The van der Waals surface area contributed by atoms with Crippen LogP contribution in [0.1, 0.15) is 33.0 Å². The Morgan fingerprint density at radius 1 is 1.06 bits per heavy atom. The van der Waals surface area contributed by atoms with Gasteiger partial charge in [0.15, 0.2) is 0 Å². The quantitative estimate of drug-likeness (QED) is 0.353. The van der Waals surface area contributed by atoms with Crippen LogP contribution in [0.15, 0.2) is 90.4 Å². The van der Waals surface area contributed by atoms with Crippen LogP contribution >= 0.6 is 0 Å². The molecule has 1 N–H and O–H groups in total. The molecule has 0 aliphatic carbocycles. The zero-order valence-corrected chi connectivity index (χ0v) is 18.4. The predicted molar refractivity (Wildman–Crippen MR) is 127 cm³/mol. The Labute approximate surface area is 195 Å². The average molecular weight is 451 g/mol. The summed E-state index contributed by atoms with van der Waals surface area (Å²) < 4.78 is 6.55. The molecule has 8 nitrogen and oxygen atoms in total. The Morgan fingerprint density at radius 3 is 2.56 bits per heavy atom. The summed E-state index contributed by atoms with van der Waals surface area (Å²) in [6.45, 7) is 0.608. The number of aromatic nitrogens is 3. The summed E-state index contributed by atoms with van der Waals surface area (Å²) in [7, 11) is 1.33. The Hall–Kier alpha value is -4.59. The van der Waals surface area contributed by atoms with Crippen LogP contribution in [0.5, 0.6) is 0 Å². The van der Waals surface area contributed by atoms with Crippen LogP contribution in [0.25, 0.3) is 0 Å². The maximum Gasteiger partial charge on any atom is 0.337 e. The third-order valence-electron chi connectivity index (χ3n) is 5.65. The number of hydrogen-bond acceptors (Lipinski definition) is 6. The van der Waals surface area contributed by atoms with E-state index in [1.165, 1.54) is 13.4 Å². The van der Waals surface area contributed by atoms with Crippen LogP contribution in [-0.2, 0) is 16.1 Å². The van der Waals surface area contributed by atoms with E-state index in [0.29, 0.717) is 23.5 Å². The molecule has 2 heterocycles. The summed E-state index contributed by atoms with van der Waals surface area (Å²) in [6.07, 6.45) is 3.17. The van der Waals surface area contributed by atoms with Gasteiger partial charge in [-0.15, -0.1) is 0 Å². The zero-order chi connectivity index (χ0) is 23.5. The molecule has 1 unspecified atom stereocenters. The number of nitrogens with one attached hydrogen (secondary N) is 1. The smallest absolute Gasteiger partial charge is 0.337 e. The third-order valence-corrected chi connectivity index (χ3v) is 5.65. The Morgan fingerprint density at radius 2 is 1.85 bits per heavy atom. The number of methoxy groups -OCH3 is 1. The van der Waals surface area contributed by atoms with E-state index in [2.05, 4.69) is 15.4 Å². The minimum Gasteiger partial charge on any atom is -0.465 e. The van der Waals surface area contributed by atoms with Gasteiger partial charge in [0.05, 0.1) is 30.6 Å². The molecule has 4 aromatic rings. The molecule has 8 heteroatoms. The van der Waals surface area contributed by atoms with Gasteiger partial charge in [0, 0.05) is 5.69 Å². The van der Waals surface area contributed by atoms with Crippen molar-refractivity contribution in [3.63, 3.8) is 0 Å². The number of esters is 1. The van der Waals surface area contributed by atoms with E-state index < -0.39 is 11.9 Å².